The van der Waals surface area contributed by atoms with Crippen molar-refractivity contribution >= 4 is 10.0 Å². The van der Waals surface area contributed by atoms with Gasteiger partial charge in [-0.05, 0) is 31.9 Å². The number of sulfonamides is 1. The lowest BCUT2D eigenvalue weighted by Gasteiger charge is -2.36. The third kappa shape index (κ3) is 4.49. The summed E-state index contributed by atoms with van der Waals surface area (Å²) in [5.41, 5.74) is 0.853. The zero-order valence-corrected chi connectivity index (χ0v) is 12.8. The van der Waals surface area contributed by atoms with E-state index in [1.165, 1.54) is 5.56 Å². The molecule has 5 heteroatoms. The molecule has 0 amide bonds. The first-order valence-corrected chi connectivity index (χ1v) is 8.80. The molecular weight excluding hydrogens is 274 g/mol. The second kappa shape index (κ2) is 6.14. The van der Waals surface area contributed by atoms with E-state index in [1.807, 2.05) is 31.2 Å². The standard InChI is InChI=1S/C15H23NO3S/c1-13-5-7-14(8-6-13)19-11-15(12-20(16,17)18)9-3-2-4-10-15/h5-8H,2-4,9-12H2,1H3,(H2,16,17,18). The highest BCUT2D eigenvalue weighted by Crippen LogP contribution is 2.37. The molecule has 0 bridgehead atoms. The maximum absolute atomic E-state index is 11.5. The third-order valence-electron chi connectivity index (χ3n) is 3.99. The molecule has 1 fully saturated rings. The third-order valence-corrected chi connectivity index (χ3v) is 5.00. The van der Waals surface area contributed by atoms with Crippen molar-refractivity contribution in [3.8, 4) is 5.75 Å². The lowest BCUT2D eigenvalue weighted by atomic mass is 9.76. The van der Waals surface area contributed by atoms with Gasteiger partial charge in [-0.25, -0.2) is 13.6 Å². The average molecular weight is 297 g/mol. The molecule has 0 unspecified atom stereocenters. The summed E-state index contributed by atoms with van der Waals surface area (Å²) in [4.78, 5) is 0. The Bertz CT molecular complexity index is 531. The number of hydrogen-bond acceptors (Lipinski definition) is 3. The van der Waals surface area contributed by atoms with Crippen molar-refractivity contribution in [3.63, 3.8) is 0 Å². The molecule has 20 heavy (non-hydrogen) atoms. The Morgan fingerprint density at radius 2 is 1.75 bits per heavy atom. The number of primary sulfonamides is 1. The molecule has 2 N–H and O–H groups in total. The Balaban J connectivity index is 2.06. The monoisotopic (exact) mass is 297 g/mol. The summed E-state index contributed by atoms with van der Waals surface area (Å²) >= 11 is 0. The summed E-state index contributed by atoms with van der Waals surface area (Å²) in [5, 5.41) is 5.26. The van der Waals surface area contributed by atoms with Gasteiger partial charge in [0.1, 0.15) is 5.75 Å². The van der Waals surface area contributed by atoms with Crippen molar-refractivity contribution in [1.82, 2.24) is 0 Å². The molecule has 0 spiro atoms. The van der Waals surface area contributed by atoms with E-state index in [2.05, 4.69) is 0 Å². The number of hydrogen-bond donors (Lipinski definition) is 1. The number of ether oxygens (including phenoxy) is 1. The number of aryl methyl sites for hydroxylation is 1. The van der Waals surface area contributed by atoms with Gasteiger partial charge in [0.2, 0.25) is 10.0 Å². The van der Waals surface area contributed by atoms with Crippen LogP contribution in [0, 0.1) is 12.3 Å². The Labute approximate surface area is 121 Å². The lowest BCUT2D eigenvalue weighted by Crippen LogP contribution is -2.40. The normalized spacial score (nSPS) is 18.7. The number of rotatable bonds is 5. The van der Waals surface area contributed by atoms with E-state index in [0.717, 1.165) is 37.9 Å². The van der Waals surface area contributed by atoms with Gasteiger partial charge in [0.05, 0.1) is 12.4 Å². The van der Waals surface area contributed by atoms with Crippen molar-refractivity contribution in [1.29, 1.82) is 0 Å². The maximum Gasteiger partial charge on any atom is 0.209 e. The topological polar surface area (TPSA) is 69.4 Å². The summed E-state index contributed by atoms with van der Waals surface area (Å²) in [6, 6.07) is 7.82. The van der Waals surface area contributed by atoms with Crippen LogP contribution in [0.1, 0.15) is 37.7 Å². The van der Waals surface area contributed by atoms with Gasteiger partial charge in [0.15, 0.2) is 0 Å². The molecule has 112 valence electrons. The Morgan fingerprint density at radius 1 is 1.15 bits per heavy atom. The van der Waals surface area contributed by atoms with Crippen LogP contribution in [0.3, 0.4) is 0 Å². The minimum Gasteiger partial charge on any atom is -0.493 e. The first-order valence-electron chi connectivity index (χ1n) is 7.09. The summed E-state index contributed by atoms with van der Waals surface area (Å²) in [5.74, 6) is 0.807. The van der Waals surface area contributed by atoms with Gasteiger partial charge in [0.25, 0.3) is 0 Å². The van der Waals surface area contributed by atoms with Gasteiger partial charge >= 0.3 is 0 Å². The van der Waals surface area contributed by atoms with Gasteiger partial charge in [-0.3, -0.25) is 0 Å². The van der Waals surface area contributed by atoms with E-state index in [0.29, 0.717) is 6.61 Å². The molecule has 4 nitrogen and oxygen atoms in total. The zero-order valence-electron chi connectivity index (χ0n) is 12.0. The first kappa shape index (κ1) is 15.3. The highest BCUT2D eigenvalue weighted by atomic mass is 32.2. The molecule has 1 saturated carbocycles. The summed E-state index contributed by atoms with van der Waals surface area (Å²) in [7, 11) is -3.47. The number of benzene rings is 1. The van der Waals surface area contributed by atoms with Gasteiger partial charge in [-0.15, -0.1) is 0 Å². The van der Waals surface area contributed by atoms with Crippen LogP contribution in [0.25, 0.3) is 0 Å². The van der Waals surface area contributed by atoms with Gasteiger partial charge in [0, 0.05) is 5.41 Å². The van der Waals surface area contributed by atoms with Crippen LogP contribution in [0.4, 0.5) is 0 Å². The lowest BCUT2D eigenvalue weighted by molar-refractivity contribution is 0.118. The highest BCUT2D eigenvalue weighted by Gasteiger charge is 2.36. The van der Waals surface area contributed by atoms with Crippen LogP contribution in [-0.2, 0) is 10.0 Å². The largest absolute Gasteiger partial charge is 0.493 e. The van der Waals surface area contributed by atoms with Crippen LogP contribution < -0.4 is 9.88 Å². The minimum absolute atomic E-state index is 0.0197. The number of nitrogens with two attached hydrogens (primary N) is 1. The molecule has 1 aromatic rings. The second-order valence-corrected chi connectivity index (χ2v) is 7.58. The maximum atomic E-state index is 11.5. The Morgan fingerprint density at radius 3 is 2.30 bits per heavy atom. The Kier molecular flexibility index (Phi) is 4.70. The fourth-order valence-corrected chi connectivity index (χ4v) is 4.16. The second-order valence-electron chi connectivity index (χ2n) is 5.97. The highest BCUT2D eigenvalue weighted by molar-refractivity contribution is 7.89. The zero-order chi connectivity index (χ0) is 14.6. The molecule has 1 aliphatic carbocycles. The smallest absolute Gasteiger partial charge is 0.209 e. The van der Waals surface area contributed by atoms with Crippen molar-refractivity contribution < 1.29 is 13.2 Å². The van der Waals surface area contributed by atoms with Crippen LogP contribution >= 0.6 is 0 Å². The summed E-state index contributed by atoms with van der Waals surface area (Å²) in [6.45, 7) is 2.44. The average Bonchev–Trinajstić information content (AvgIpc) is 2.37. The van der Waals surface area contributed by atoms with E-state index < -0.39 is 10.0 Å². The Hall–Kier alpha value is -1.07. The summed E-state index contributed by atoms with van der Waals surface area (Å²) < 4.78 is 28.8. The van der Waals surface area contributed by atoms with E-state index in [9.17, 15) is 8.42 Å². The molecule has 2 rings (SSSR count). The molecule has 0 atom stereocenters. The van der Waals surface area contributed by atoms with Gasteiger partial charge in [-0.1, -0.05) is 37.0 Å². The van der Waals surface area contributed by atoms with E-state index >= 15 is 0 Å². The molecule has 1 aliphatic rings. The van der Waals surface area contributed by atoms with Crippen molar-refractivity contribution in [2.45, 2.75) is 39.0 Å². The van der Waals surface area contributed by atoms with E-state index in [4.69, 9.17) is 9.88 Å². The SMILES string of the molecule is Cc1ccc(OCC2(CS(N)(=O)=O)CCCCC2)cc1. The van der Waals surface area contributed by atoms with Crippen molar-refractivity contribution in [2.75, 3.05) is 12.4 Å². The molecule has 0 aliphatic heterocycles. The quantitative estimate of drug-likeness (QED) is 0.908. The van der Waals surface area contributed by atoms with E-state index in [-0.39, 0.29) is 11.2 Å². The first-order chi connectivity index (χ1) is 9.39. The van der Waals surface area contributed by atoms with Crippen LogP contribution in [0.15, 0.2) is 24.3 Å². The molecule has 1 aromatic carbocycles. The minimum atomic E-state index is -3.47. The molecule has 0 heterocycles. The van der Waals surface area contributed by atoms with E-state index in [1.54, 1.807) is 0 Å². The van der Waals surface area contributed by atoms with Crippen LogP contribution in [0.2, 0.25) is 0 Å². The van der Waals surface area contributed by atoms with Crippen LogP contribution in [-0.4, -0.2) is 20.8 Å². The predicted octanol–water partition coefficient (Wildman–Crippen LogP) is 2.61. The summed E-state index contributed by atoms with van der Waals surface area (Å²) in [6.07, 6.45) is 5.00. The van der Waals surface area contributed by atoms with Gasteiger partial charge in [-0.2, -0.15) is 0 Å². The van der Waals surface area contributed by atoms with Crippen LogP contribution in [0.5, 0.6) is 5.75 Å². The molecule has 0 aromatic heterocycles. The molecule has 0 saturated heterocycles. The fraction of sp³-hybridized carbons (Fsp3) is 0.600. The van der Waals surface area contributed by atoms with Crippen molar-refractivity contribution in [3.05, 3.63) is 29.8 Å². The van der Waals surface area contributed by atoms with Crippen molar-refractivity contribution in [2.24, 2.45) is 10.6 Å². The molecule has 0 radical (unpaired) electrons. The fourth-order valence-electron chi connectivity index (χ4n) is 2.93. The molecular formula is C15H23NO3S. The van der Waals surface area contributed by atoms with Gasteiger partial charge < -0.3 is 4.74 Å². The predicted molar refractivity (Wildman–Crippen MR) is 80.2 cm³/mol.